The van der Waals surface area contributed by atoms with Gasteiger partial charge in [-0.25, -0.2) is 0 Å². The molecule has 0 aliphatic carbocycles. The first-order valence-electron chi connectivity index (χ1n) is 7.09. The lowest BCUT2D eigenvalue weighted by Gasteiger charge is -2.43. The van der Waals surface area contributed by atoms with E-state index in [2.05, 4.69) is 56.8 Å². The topological polar surface area (TPSA) is 18.5 Å². The molecule has 1 heterocycles. The van der Waals surface area contributed by atoms with Gasteiger partial charge >= 0.3 is 0 Å². The SMILES string of the molecule is CC(C)NCC(C)C(C)N1CCN(C)CC1C. The molecule has 0 aromatic carbocycles. The minimum atomic E-state index is 0.592. The zero-order chi connectivity index (χ0) is 13.0. The molecule has 3 unspecified atom stereocenters. The molecule has 3 heteroatoms. The Morgan fingerprint density at radius 1 is 1.18 bits per heavy atom. The number of piperazine rings is 1. The van der Waals surface area contributed by atoms with Crippen LogP contribution >= 0.6 is 0 Å². The van der Waals surface area contributed by atoms with Crippen molar-refractivity contribution < 1.29 is 0 Å². The molecule has 0 amide bonds. The maximum Gasteiger partial charge on any atom is 0.0198 e. The Bertz CT molecular complexity index is 218. The molecular weight excluding hydrogens is 210 g/mol. The van der Waals surface area contributed by atoms with E-state index >= 15 is 0 Å². The van der Waals surface area contributed by atoms with E-state index in [4.69, 9.17) is 0 Å². The van der Waals surface area contributed by atoms with Crippen LogP contribution in [0.5, 0.6) is 0 Å². The van der Waals surface area contributed by atoms with E-state index in [9.17, 15) is 0 Å². The summed E-state index contributed by atoms with van der Waals surface area (Å²) in [5.41, 5.74) is 0. The van der Waals surface area contributed by atoms with Crippen molar-refractivity contribution in [1.82, 2.24) is 15.1 Å². The second-order valence-corrected chi connectivity index (χ2v) is 6.13. The summed E-state index contributed by atoms with van der Waals surface area (Å²) >= 11 is 0. The van der Waals surface area contributed by atoms with E-state index in [1.54, 1.807) is 0 Å². The predicted octanol–water partition coefficient (Wildman–Crippen LogP) is 1.64. The fourth-order valence-electron chi connectivity index (χ4n) is 2.68. The molecule has 1 saturated heterocycles. The quantitative estimate of drug-likeness (QED) is 0.789. The molecule has 1 aliphatic heterocycles. The van der Waals surface area contributed by atoms with E-state index in [1.165, 1.54) is 19.6 Å². The van der Waals surface area contributed by atoms with E-state index < -0.39 is 0 Å². The summed E-state index contributed by atoms with van der Waals surface area (Å²) in [7, 11) is 2.22. The van der Waals surface area contributed by atoms with Gasteiger partial charge in [-0.3, -0.25) is 4.90 Å². The molecule has 0 aromatic heterocycles. The van der Waals surface area contributed by atoms with Crippen molar-refractivity contribution in [2.45, 2.75) is 52.7 Å². The van der Waals surface area contributed by atoms with Crippen LogP contribution in [0.2, 0.25) is 0 Å². The fraction of sp³-hybridized carbons (Fsp3) is 1.00. The summed E-state index contributed by atoms with van der Waals surface area (Å²) in [6, 6.07) is 1.95. The first kappa shape index (κ1) is 14.9. The summed E-state index contributed by atoms with van der Waals surface area (Å²) < 4.78 is 0. The minimum absolute atomic E-state index is 0.592. The summed E-state index contributed by atoms with van der Waals surface area (Å²) in [5, 5.41) is 3.55. The van der Waals surface area contributed by atoms with Gasteiger partial charge in [0.05, 0.1) is 0 Å². The normalized spacial score (nSPS) is 27.4. The first-order chi connectivity index (χ1) is 7.91. The molecule has 0 aromatic rings. The molecule has 1 rings (SSSR count). The molecule has 0 saturated carbocycles. The van der Waals surface area contributed by atoms with Gasteiger partial charge in [0.25, 0.3) is 0 Å². The third kappa shape index (κ3) is 4.57. The standard InChI is InChI=1S/C14H31N3/c1-11(2)15-9-12(3)14(5)17-8-7-16(6)10-13(17)4/h11-15H,7-10H2,1-6H3. The van der Waals surface area contributed by atoms with Gasteiger partial charge in [0.2, 0.25) is 0 Å². The molecule has 0 bridgehead atoms. The third-order valence-electron chi connectivity index (χ3n) is 4.08. The average molecular weight is 241 g/mol. The lowest BCUT2D eigenvalue weighted by molar-refractivity contribution is 0.0466. The third-order valence-corrected chi connectivity index (χ3v) is 4.08. The van der Waals surface area contributed by atoms with Crippen LogP contribution in [0.4, 0.5) is 0 Å². The van der Waals surface area contributed by atoms with Gasteiger partial charge in [-0.1, -0.05) is 20.8 Å². The maximum atomic E-state index is 3.55. The second kappa shape index (κ2) is 6.72. The number of nitrogens with zero attached hydrogens (tertiary/aromatic N) is 2. The highest BCUT2D eigenvalue weighted by atomic mass is 15.3. The number of hydrogen-bond donors (Lipinski definition) is 1. The van der Waals surface area contributed by atoms with Gasteiger partial charge in [-0.05, 0) is 33.4 Å². The van der Waals surface area contributed by atoms with Gasteiger partial charge in [-0.2, -0.15) is 0 Å². The Labute approximate surface area is 108 Å². The van der Waals surface area contributed by atoms with Gasteiger partial charge in [0, 0.05) is 37.8 Å². The van der Waals surface area contributed by atoms with Crippen molar-refractivity contribution in [2.75, 3.05) is 33.2 Å². The molecule has 1 aliphatic rings. The summed E-state index contributed by atoms with van der Waals surface area (Å²) in [4.78, 5) is 5.11. The fourth-order valence-corrected chi connectivity index (χ4v) is 2.68. The van der Waals surface area contributed by atoms with Crippen molar-refractivity contribution in [1.29, 1.82) is 0 Å². The smallest absolute Gasteiger partial charge is 0.0198 e. The van der Waals surface area contributed by atoms with Gasteiger partial charge < -0.3 is 10.2 Å². The molecule has 0 radical (unpaired) electrons. The molecule has 3 nitrogen and oxygen atoms in total. The van der Waals surface area contributed by atoms with Crippen LogP contribution in [-0.2, 0) is 0 Å². The van der Waals surface area contributed by atoms with Crippen LogP contribution < -0.4 is 5.32 Å². The van der Waals surface area contributed by atoms with Crippen molar-refractivity contribution in [3.63, 3.8) is 0 Å². The highest BCUT2D eigenvalue weighted by molar-refractivity contribution is 4.84. The largest absolute Gasteiger partial charge is 0.314 e. The first-order valence-corrected chi connectivity index (χ1v) is 7.09. The van der Waals surface area contributed by atoms with E-state index in [0.717, 1.165) is 6.54 Å². The van der Waals surface area contributed by atoms with Crippen LogP contribution in [0.3, 0.4) is 0 Å². The van der Waals surface area contributed by atoms with Gasteiger partial charge in [-0.15, -0.1) is 0 Å². The van der Waals surface area contributed by atoms with Crippen molar-refractivity contribution in [3.8, 4) is 0 Å². The van der Waals surface area contributed by atoms with E-state index in [0.29, 0.717) is 24.0 Å². The summed E-state index contributed by atoms with van der Waals surface area (Å²) in [6.45, 7) is 16.3. The van der Waals surface area contributed by atoms with Crippen LogP contribution in [0.15, 0.2) is 0 Å². The van der Waals surface area contributed by atoms with Crippen LogP contribution in [0.1, 0.15) is 34.6 Å². The second-order valence-electron chi connectivity index (χ2n) is 6.13. The molecule has 102 valence electrons. The average Bonchev–Trinajstić information content (AvgIpc) is 2.25. The Hall–Kier alpha value is -0.120. The van der Waals surface area contributed by atoms with Crippen LogP contribution in [0.25, 0.3) is 0 Å². The predicted molar refractivity (Wildman–Crippen MR) is 75.4 cm³/mol. The monoisotopic (exact) mass is 241 g/mol. The molecule has 1 N–H and O–H groups in total. The van der Waals surface area contributed by atoms with E-state index in [1.807, 2.05) is 0 Å². The van der Waals surface area contributed by atoms with Crippen molar-refractivity contribution in [3.05, 3.63) is 0 Å². The zero-order valence-electron chi connectivity index (χ0n) is 12.5. The highest BCUT2D eigenvalue weighted by Gasteiger charge is 2.28. The zero-order valence-corrected chi connectivity index (χ0v) is 12.5. The Morgan fingerprint density at radius 2 is 1.82 bits per heavy atom. The van der Waals surface area contributed by atoms with Gasteiger partial charge in [0.1, 0.15) is 0 Å². The number of likely N-dealkylation sites (N-methyl/N-ethyl adjacent to an activating group) is 1. The Morgan fingerprint density at radius 3 is 2.35 bits per heavy atom. The summed E-state index contributed by atoms with van der Waals surface area (Å²) in [5.74, 6) is 0.711. The number of hydrogen-bond acceptors (Lipinski definition) is 3. The van der Waals surface area contributed by atoms with Crippen molar-refractivity contribution in [2.24, 2.45) is 5.92 Å². The molecule has 0 spiro atoms. The maximum absolute atomic E-state index is 3.55. The van der Waals surface area contributed by atoms with Gasteiger partial charge in [0.15, 0.2) is 0 Å². The minimum Gasteiger partial charge on any atom is -0.314 e. The van der Waals surface area contributed by atoms with E-state index in [-0.39, 0.29) is 0 Å². The Kier molecular flexibility index (Phi) is 5.90. The Balaban J connectivity index is 2.42. The molecule has 17 heavy (non-hydrogen) atoms. The lowest BCUT2D eigenvalue weighted by atomic mass is 9.99. The number of rotatable bonds is 5. The van der Waals surface area contributed by atoms with Crippen LogP contribution in [-0.4, -0.2) is 61.2 Å². The molecule has 1 fully saturated rings. The molecule has 3 atom stereocenters. The summed E-state index contributed by atoms with van der Waals surface area (Å²) in [6.07, 6.45) is 0. The van der Waals surface area contributed by atoms with Crippen LogP contribution in [0, 0.1) is 5.92 Å². The molecular formula is C14H31N3. The lowest BCUT2D eigenvalue weighted by Crippen LogP contribution is -2.55. The highest BCUT2D eigenvalue weighted by Crippen LogP contribution is 2.17. The number of nitrogens with one attached hydrogen (secondary N) is 1. The van der Waals surface area contributed by atoms with Crippen molar-refractivity contribution >= 4 is 0 Å².